The van der Waals surface area contributed by atoms with Gasteiger partial charge >= 0.3 is 0 Å². The number of hydrogen-bond acceptors (Lipinski definition) is 3. The van der Waals surface area contributed by atoms with Crippen molar-refractivity contribution in [2.24, 2.45) is 12.8 Å². The fourth-order valence-corrected chi connectivity index (χ4v) is 1.10. The van der Waals surface area contributed by atoms with Crippen LogP contribution in [0.15, 0.2) is 6.20 Å². The van der Waals surface area contributed by atoms with Crippen molar-refractivity contribution in [3.05, 3.63) is 11.9 Å². The van der Waals surface area contributed by atoms with Gasteiger partial charge in [-0.2, -0.15) is 5.10 Å². The van der Waals surface area contributed by atoms with Gasteiger partial charge in [0.15, 0.2) is 0 Å². The summed E-state index contributed by atoms with van der Waals surface area (Å²) in [6.45, 7) is 3.64. The molecule has 1 aromatic heterocycles. The fraction of sp³-hybridized carbons (Fsp3) is 0.625. The molecule has 0 spiro atoms. The van der Waals surface area contributed by atoms with E-state index in [1.807, 2.05) is 20.2 Å². The lowest BCUT2D eigenvalue weighted by Gasteiger charge is -2.01. The molecule has 1 rings (SSSR count). The van der Waals surface area contributed by atoms with E-state index in [0.717, 1.165) is 30.9 Å². The van der Waals surface area contributed by atoms with Crippen LogP contribution in [-0.4, -0.2) is 22.9 Å². The predicted octanol–water partition coefficient (Wildman–Crippen LogP) is 0.489. The van der Waals surface area contributed by atoms with Gasteiger partial charge in [-0.15, -0.1) is 0 Å². The molecule has 0 aliphatic carbocycles. The van der Waals surface area contributed by atoms with Gasteiger partial charge in [0.25, 0.3) is 0 Å². The van der Waals surface area contributed by atoms with Gasteiger partial charge < -0.3 is 11.1 Å². The minimum absolute atomic E-state index is 0.728. The summed E-state index contributed by atoms with van der Waals surface area (Å²) in [7, 11) is 1.92. The van der Waals surface area contributed by atoms with Crippen LogP contribution >= 0.6 is 0 Å². The number of aromatic nitrogens is 2. The first-order valence-electron chi connectivity index (χ1n) is 4.18. The zero-order valence-corrected chi connectivity index (χ0v) is 7.67. The Morgan fingerprint density at radius 3 is 2.92 bits per heavy atom. The van der Waals surface area contributed by atoms with E-state index < -0.39 is 0 Å². The molecule has 1 heterocycles. The molecule has 0 aromatic carbocycles. The van der Waals surface area contributed by atoms with Crippen molar-refractivity contribution in [2.45, 2.75) is 13.3 Å². The van der Waals surface area contributed by atoms with Crippen molar-refractivity contribution in [3.8, 4) is 0 Å². The highest BCUT2D eigenvalue weighted by Gasteiger charge is 1.99. The maximum absolute atomic E-state index is 5.38. The van der Waals surface area contributed by atoms with Gasteiger partial charge in [0, 0.05) is 19.8 Å². The lowest BCUT2D eigenvalue weighted by atomic mass is 10.3. The average molecular weight is 168 g/mol. The third-order valence-electron chi connectivity index (χ3n) is 1.71. The van der Waals surface area contributed by atoms with Crippen molar-refractivity contribution in [2.75, 3.05) is 18.4 Å². The van der Waals surface area contributed by atoms with Crippen LogP contribution in [0.25, 0.3) is 0 Å². The first-order chi connectivity index (χ1) is 5.74. The number of anilines is 1. The van der Waals surface area contributed by atoms with Crippen LogP contribution in [0.2, 0.25) is 0 Å². The van der Waals surface area contributed by atoms with Crippen molar-refractivity contribution in [3.63, 3.8) is 0 Å². The Balaban J connectivity index is 2.45. The third-order valence-corrected chi connectivity index (χ3v) is 1.71. The van der Waals surface area contributed by atoms with Gasteiger partial charge in [0.1, 0.15) is 0 Å². The summed E-state index contributed by atoms with van der Waals surface area (Å²) in [5.41, 5.74) is 7.51. The van der Waals surface area contributed by atoms with Gasteiger partial charge in [-0.1, -0.05) is 0 Å². The molecular weight excluding hydrogens is 152 g/mol. The number of nitrogens with two attached hydrogens (primary N) is 1. The highest BCUT2D eigenvalue weighted by Crippen LogP contribution is 2.10. The molecule has 12 heavy (non-hydrogen) atoms. The monoisotopic (exact) mass is 168 g/mol. The standard InChI is InChI=1S/C8H16N4/c1-7-8(6-12(2)11-7)10-5-3-4-9/h6,10H,3-5,9H2,1-2H3. The van der Waals surface area contributed by atoms with Crippen LogP contribution in [0.1, 0.15) is 12.1 Å². The molecule has 0 radical (unpaired) electrons. The highest BCUT2D eigenvalue weighted by molar-refractivity contribution is 5.45. The van der Waals surface area contributed by atoms with Gasteiger partial charge in [-0.05, 0) is 19.9 Å². The Bertz CT molecular complexity index is 241. The maximum atomic E-state index is 5.38. The summed E-state index contributed by atoms with van der Waals surface area (Å²) >= 11 is 0. The van der Waals surface area contributed by atoms with Crippen LogP contribution in [0.4, 0.5) is 5.69 Å². The van der Waals surface area contributed by atoms with Crippen LogP contribution in [-0.2, 0) is 7.05 Å². The Hall–Kier alpha value is -1.03. The summed E-state index contributed by atoms with van der Waals surface area (Å²) < 4.78 is 1.81. The minimum atomic E-state index is 0.728. The van der Waals surface area contributed by atoms with E-state index >= 15 is 0 Å². The van der Waals surface area contributed by atoms with E-state index in [2.05, 4.69) is 10.4 Å². The molecule has 0 fully saturated rings. The van der Waals surface area contributed by atoms with E-state index in [-0.39, 0.29) is 0 Å². The van der Waals surface area contributed by atoms with Crippen molar-refractivity contribution in [1.29, 1.82) is 0 Å². The van der Waals surface area contributed by atoms with E-state index in [0.29, 0.717) is 0 Å². The van der Waals surface area contributed by atoms with E-state index in [1.54, 1.807) is 4.68 Å². The SMILES string of the molecule is Cc1nn(C)cc1NCCCN. The van der Waals surface area contributed by atoms with Crippen molar-refractivity contribution in [1.82, 2.24) is 9.78 Å². The number of hydrogen-bond donors (Lipinski definition) is 2. The molecule has 4 nitrogen and oxygen atoms in total. The molecule has 1 aromatic rings. The van der Waals surface area contributed by atoms with Crippen molar-refractivity contribution >= 4 is 5.69 Å². The molecule has 4 heteroatoms. The highest BCUT2D eigenvalue weighted by atomic mass is 15.3. The topological polar surface area (TPSA) is 55.9 Å². The second-order valence-corrected chi connectivity index (χ2v) is 2.87. The lowest BCUT2D eigenvalue weighted by molar-refractivity contribution is 0.756. The first kappa shape index (κ1) is 9.06. The van der Waals surface area contributed by atoms with Gasteiger partial charge in [-0.25, -0.2) is 0 Å². The molecule has 0 aliphatic rings. The predicted molar refractivity (Wildman–Crippen MR) is 50.1 cm³/mol. The molecule has 3 N–H and O–H groups in total. The zero-order valence-electron chi connectivity index (χ0n) is 7.67. The number of aryl methyl sites for hydroxylation is 2. The molecule has 0 atom stereocenters. The average Bonchev–Trinajstić information content (AvgIpc) is 2.31. The second kappa shape index (κ2) is 4.11. The largest absolute Gasteiger partial charge is 0.382 e. The second-order valence-electron chi connectivity index (χ2n) is 2.87. The summed E-state index contributed by atoms with van der Waals surface area (Å²) in [6, 6.07) is 0. The summed E-state index contributed by atoms with van der Waals surface area (Å²) in [6.07, 6.45) is 2.97. The molecule has 0 amide bonds. The lowest BCUT2D eigenvalue weighted by Crippen LogP contribution is -2.08. The van der Waals surface area contributed by atoms with E-state index in [1.165, 1.54) is 0 Å². The summed E-state index contributed by atoms with van der Waals surface area (Å²) in [5.74, 6) is 0. The van der Waals surface area contributed by atoms with Crippen LogP contribution in [0.3, 0.4) is 0 Å². The van der Waals surface area contributed by atoms with E-state index in [9.17, 15) is 0 Å². The van der Waals surface area contributed by atoms with Gasteiger partial charge in [0.2, 0.25) is 0 Å². The smallest absolute Gasteiger partial charge is 0.0824 e. The normalized spacial score (nSPS) is 10.2. The Kier molecular flexibility index (Phi) is 3.10. The molecule has 0 unspecified atom stereocenters. The Labute approximate surface area is 72.8 Å². The Morgan fingerprint density at radius 2 is 2.42 bits per heavy atom. The molecule has 0 aliphatic heterocycles. The van der Waals surface area contributed by atoms with Crippen molar-refractivity contribution < 1.29 is 0 Å². The maximum Gasteiger partial charge on any atom is 0.0824 e. The quantitative estimate of drug-likeness (QED) is 0.643. The van der Waals surface area contributed by atoms with Gasteiger partial charge in [-0.3, -0.25) is 4.68 Å². The van der Waals surface area contributed by atoms with Crippen LogP contribution < -0.4 is 11.1 Å². The molecule has 0 bridgehead atoms. The van der Waals surface area contributed by atoms with Crippen LogP contribution in [0.5, 0.6) is 0 Å². The molecular formula is C8H16N4. The molecule has 0 saturated carbocycles. The molecule has 68 valence electrons. The van der Waals surface area contributed by atoms with Gasteiger partial charge in [0.05, 0.1) is 11.4 Å². The zero-order chi connectivity index (χ0) is 8.97. The third kappa shape index (κ3) is 2.23. The number of rotatable bonds is 4. The summed E-state index contributed by atoms with van der Waals surface area (Å²) in [4.78, 5) is 0. The minimum Gasteiger partial charge on any atom is -0.382 e. The summed E-state index contributed by atoms with van der Waals surface area (Å²) in [5, 5.41) is 7.48. The fourth-order valence-electron chi connectivity index (χ4n) is 1.10. The first-order valence-corrected chi connectivity index (χ1v) is 4.18. The van der Waals surface area contributed by atoms with E-state index in [4.69, 9.17) is 5.73 Å². The Morgan fingerprint density at radius 1 is 1.67 bits per heavy atom. The number of nitrogens with one attached hydrogen (secondary N) is 1. The molecule has 0 saturated heterocycles. The van der Waals surface area contributed by atoms with Crippen LogP contribution in [0, 0.1) is 6.92 Å². The number of nitrogens with zero attached hydrogens (tertiary/aromatic N) is 2.